The fraction of sp³-hybridized carbons (Fsp3) is 0.333. The monoisotopic (exact) mass is 270 g/mol. The van der Waals surface area contributed by atoms with Crippen molar-refractivity contribution in [3.05, 3.63) is 41.9 Å². The number of H-pyrrole nitrogens is 1. The van der Waals surface area contributed by atoms with E-state index in [0.717, 1.165) is 17.0 Å². The van der Waals surface area contributed by atoms with Crippen LogP contribution in [0.3, 0.4) is 0 Å². The maximum Gasteiger partial charge on any atom is 0.134 e. The van der Waals surface area contributed by atoms with Crippen LogP contribution in [0.4, 0.5) is 0 Å². The lowest BCUT2D eigenvalue weighted by Gasteiger charge is -2.03. The first kappa shape index (κ1) is 12.7. The van der Waals surface area contributed by atoms with Gasteiger partial charge in [-0.3, -0.25) is 0 Å². The molecule has 20 heavy (non-hydrogen) atoms. The molecule has 1 N–H and O–H groups in total. The maximum absolute atomic E-state index is 5.75. The zero-order valence-electron chi connectivity index (χ0n) is 11.9. The predicted molar refractivity (Wildman–Crippen MR) is 77.7 cm³/mol. The van der Waals surface area contributed by atoms with Gasteiger partial charge in [0.15, 0.2) is 0 Å². The van der Waals surface area contributed by atoms with Crippen LogP contribution in [0.1, 0.15) is 31.2 Å². The lowest BCUT2D eigenvalue weighted by atomic mass is 10.1. The molecular weight excluding hydrogens is 252 g/mol. The lowest BCUT2D eigenvalue weighted by molar-refractivity contribution is 0.300. The summed E-state index contributed by atoms with van der Waals surface area (Å²) < 4.78 is 5.75. The van der Waals surface area contributed by atoms with Crippen molar-refractivity contribution in [2.24, 2.45) is 7.05 Å². The maximum atomic E-state index is 5.75. The fourth-order valence-corrected chi connectivity index (χ4v) is 2.14. The Morgan fingerprint density at radius 3 is 2.85 bits per heavy atom. The molecule has 0 radical (unpaired) electrons. The van der Waals surface area contributed by atoms with E-state index in [1.165, 1.54) is 15.9 Å². The van der Waals surface area contributed by atoms with E-state index in [9.17, 15) is 0 Å². The molecule has 0 unspecified atom stereocenters. The SMILES string of the molecule is CC(C)c1cc2ccc(OCc3cnn(C)n3)cc2[nH]1. The molecule has 0 atom stereocenters. The van der Waals surface area contributed by atoms with Crippen LogP contribution in [-0.2, 0) is 13.7 Å². The first-order valence-corrected chi connectivity index (χ1v) is 6.72. The molecule has 0 aliphatic carbocycles. The van der Waals surface area contributed by atoms with Crippen LogP contribution in [0.25, 0.3) is 10.9 Å². The van der Waals surface area contributed by atoms with Gasteiger partial charge in [-0.15, -0.1) is 0 Å². The Hall–Kier alpha value is -2.30. The average Bonchev–Trinajstić information content (AvgIpc) is 3.01. The van der Waals surface area contributed by atoms with Crippen molar-refractivity contribution in [3.63, 3.8) is 0 Å². The molecule has 0 aliphatic heterocycles. The Labute approximate surface area is 117 Å². The molecule has 5 nitrogen and oxygen atoms in total. The molecule has 2 aromatic heterocycles. The number of nitrogens with zero attached hydrogens (tertiary/aromatic N) is 3. The molecule has 0 aliphatic rings. The lowest BCUT2D eigenvalue weighted by Crippen LogP contribution is -1.98. The van der Waals surface area contributed by atoms with Crippen LogP contribution in [0, 0.1) is 0 Å². The second-order valence-corrected chi connectivity index (χ2v) is 5.24. The molecule has 0 amide bonds. The van der Waals surface area contributed by atoms with Crippen LogP contribution in [0.5, 0.6) is 5.75 Å². The number of aromatic nitrogens is 4. The Morgan fingerprint density at radius 1 is 1.30 bits per heavy atom. The number of nitrogens with one attached hydrogen (secondary N) is 1. The second-order valence-electron chi connectivity index (χ2n) is 5.24. The van der Waals surface area contributed by atoms with E-state index >= 15 is 0 Å². The second kappa shape index (κ2) is 5.00. The molecule has 0 fully saturated rings. The molecule has 104 valence electrons. The van der Waals surface area contributed by atoms with E-state index in [4.69, 9.17) is 4.74 Å². The van der Waals surface area contributed by atoms with E-state index in [2.05, 4.69) is 41.2 Å². The number of hydrogen-bond donors (Lipinski definition) is 1. The van der Waals surface area contributed by atoms with Crippen molar-refractivity contribution in [3.8, 4) is 5.75 Å². The van der Waals surface area contributed by atoms with Gasteiger partial charge in [-0.1, -0.05) is 13.8 Å². The van der Waals surface area contributed by atoms with E-state index in [1.807, 2.05) is 12.1 Å². The Morgan fingerprint density at radius 2 is 2.15 bits per heavy atom. The van der Waals surface area contributed by atoms with Crippen LogP contribution < -0.4 is 4.74 Å². The van der Waals surface area contributed by atoms with Crippen LogP contribution >= 0.6 is 0 Å². The molecule has 0 saturated carbocycles. The Kier molecular flexibility index (Phi) is 3.18. The van der Waals surface area contributed by atoms with Gasteiger partial charge in [-0.25, -0.2) is 0 Å². The van der Waals surface area contributed by atoms with Gasteiger partial charge in [0, 0.05) is 24.3 Å². The van der Waals surface area contributed by atoms with E-state index in [0.29, 0.717) is 12.5 Å². The van der Waals surface area contributed by atoms with Gasteiger partial charge < -0.3 is 9.72 Å². The summed E-state index contributed by atoms with van der Waals surface area (Å²) in [5.74, 6) is 1.33. The van der Waals surface area contributed by atoms with Crippen molar-refractivity contribution in [1.29, 1.82) is 0 Å². The summed E-state index contributed by atoms with van der Waals surface area (Å²) in [6, 6.07) is 8.27. The summed E-state index contributed by atoms with van der Waals surface area (Å²) in [6.45, 7) is 4.78. The van der Waals surface area contributed by atoms with Gasteiger partial charge in [0.05, 0.1) is 6.20 Å². The summed E-state index contributed by atoms with van der Waals surface area (Å²) in [7, 11) is 1.79. The number of hydrogen-bond acceptors (Lipinski definition) is 3. The van der Waals surface area contributed by atoms with Crippen molar-refractivity contribution < 1.29 is 4.74 Å². The van der Waals surface area contributed by atoms with Gasteiger partial charge in [-0.05, 0) is 29.5 Å². The van der Waals surface area contributed by atoms with Crippen molar-refractivity contribution in [2.45, 2.75) is 26.4 Å². The molecule has 0 saturated heterocycles. The van der Waals surface area contributed by atoms with E-state index in [1.54, 1.807) is 13.2 Å². The third-order valence-electron chi connectivity index (χ3n) is 3.27. The topological polar surface area (TPSA) is 55.7 Å². The molecule has 0 spiro atoms. The number of rotatable bonds is 4. The number of fused-ring (bicyclic) bond motifs is 1. The third kappa shape index (κ3) is 2.52. The fourth-order valence-electron chi connectivity index (χ4n) is 2.14. The Bertz CT molecular complexity index is 726. The Balaban J connectivity index is 1.78. The van der Waals surface area contributed by atoms with Crippen molar-refractivity contribution in [1.82, 2.24) is 20.0 Å². The summed E-state index contributed by atoms with van der Waals surface area (Å²) in [6.07, 6.45) is 1.71. The van der Waals surface area contributed by atoms with Gasteiger partial charge in [-0.2, -0.15) is 15.0 Å². The highest BCUT2D eigenvalue weighted by atomic mass is 16.5. The quantitative estimate of drug-likeness (QED) is 0.793. The molecule has 1 aromatic carbocycles. The highest BCUT2D eigenvalue weighted by Crippen LogP contribution is 2.25. The summed E-state index contributed by atoms with van der Waals surface area (Å²) >= 11 is 0. The smallest absolute Gasteiger partial charge is 0.134 e. The number of benzene rings is 1. The number of aryl methyl sites for hydroxylation is 1. The minimum atomic E-state index is 0.428. The molecule has 3 aromatic rings. The first-order chi connectivity index (χ1) is 9.61. The molecular formula is C15H18N4O. The van der Waals surface area contributed by atoms with E-state index < -0.39 is 0 Å². The molecule has 3 rings (SSSR count). The molecule has 5 heteroatoms. The summed E-state index contributed by atoms with van der Waals surface area (Å²) in [4.78, 5) is 4.96. The normalized spacial score (nSPS) is 11.4. The summed E-state index contributed by atoms with van der Waals surface area (Å²) in [5, 5.41) is 9.42. The van der Waals surface area contributed by atoms with Crippen LogP contribution in [0.15, 0.2) is 30.5 Å². The first-order valence-electron chi connectivity index (χ1n) is 6.72. The van der Waals surface area contributed by atoms with Gasteiger partial charge in [0.1, 0.15) is 18.1 Å². The largest absolute Gasteiger partial charge is 0.487 e. The van der Waals surface area contributed by atoms with E-state index in [-0.39, 0.29) is 0 Å². The predicted octanol–water partition coefficient (Wildman–Crippen LogP) is 3.00. The average molecular weight is 270 g/mol. The van der Waals surface area contributed by atoms with Crippen molar-refractivity contribution >= 4 is 10.9 Å². The number of ether oxygens (including phenoxy) is 1. The summed E-state index contributed by atoms with van der Waals surface area (Å²) in [5.41, 5.74) is 3.17. The minimum absolute atomic E-state index is 0.428. The van der Waals surface area contributed by atoms with Crippen molar-refractivity contribution in [2.75, 3.05) is 0 Å². The van der Waals surface area contributed by atoms with Gasteiger partial charge in [0.25, 0.3) is 0 Å². The zero-order chi connectivity index (χ0) is 14.1. The zero-order valence-corrected chi connectivity index (χ0v) is 11.9. The van der Waals surface area contributed by atoms with Crippen LogP contribution in [-0.4, -0.2) is 20.0 Å². The standard InChI is InChI=1S/C15H18N4O/c1-10(2)14-6-11-4-5-13(7-15(11)17-14)20-9-12-8-16-19(3)18-12/h4-8,10,17H,9H2,1-3H3. The molecule has 0 bridgehead atoms. The van der Waals surface area contributed by atoms with Crippen LogP contribution in [0.2, 0.25) is 0 Å². The molecule has 2 heterocycles. The highest BCUT2D eigenvalue weighted by molar-refractivity contribution is 5.82. The minimum Gasteiger partial charge on any atom is -0.487 e. The highest BCUT2D eigenvalue weighted by Gasteiger charge is 2.06. The third-order valence-corrected chi connectivity index (χ3v) is 3.27. The van der Waals surface area contributed by atoms with Gasteiger partial charge >= 0.3 is 0 Å². The van der Waals surface area contributed by atoms with Gasteiger partial charge in [0.2, 0.25) is 0 Å². The number of aromatic amines is 1.